The zero-order chi connectivity index (χ0) is 17.5. The Bertz CT molecular complexity index is 836. The van der Waals surface area contributed by atoms with Crippen molar-refractivity contribution in [3.05, 3.63) is 71.6 Å². The van der Waals surface area contributed by atoms with Crippen molar-refractivity contribution in [3.63, 3.8) is 0 Å². The smallest absolute Gasteiger partial charge is 0.335 e. The maximum absolute atomic E-state index is 10.9. The third-order valence-corrected chi connectivity index (χ3v) is 4.09. The molecule has 0 aliphatic carbocycles. The summed E-state index contributed by atoms with van der Waals surface area (Å²) in [6, 6.07) is 16.3. The fourth-order valence-corrected chi connectivity index (χ4v) is 2.74. The van der Waals surface area contributed by atoms with Crippen LogP contribution < -0.4 is 4.74 Å². The molecule has 1 N–H and O–H groups in total. The number of carboxylic acids is 1. The number of carboxylic acid groups (broad SMARTS) is 1. The number of nitrogens with zero attached hydrogens (tertiary/aromatic N) is 2. The molecule has 0 unspecified atom stereocenters. The van der Waals surface area contributed by atoms with Gasteiger partial charge in [0.25, 0.3) is 5.22 Å². The second-order valence-corrected chi connectivity index (χ2v) is 6.20. The fourth-order valence-electron chi connectivity index (χ4n) is 2.15. The molecule has 7 heteroatoms. The summed E-state index contributed by atoms with van der Waals surface area (Å²) in [7, 11) is 0. The van der Waals surface area contributed by atoms with Crippen molar-refractivity contribution < 1.29 is 19.1 Å². The Balaban J connectivity index is 1.45. The molecule has 1 aromatic heterocycles. The van der Waals surface area contributed by atoms with Gasteiger partial charge in [-0.3, -0.25) is 0 Å². The number of benzene rings is 2. The molecule has 0 aliphatic heterocycles. The third kappa shape index (κ3) is 5.09. The lowest BCUT2D eigenvalue weighted by Crippen LogP contribution is -2.02. The van der Waals surface area contributed by atoms with E-state index in [0.717, 1.165) is 5.56 Å². The molecule has 25 heavy (non-hydrogen) atoms. The van der Waals surface area contributed by atoms with Gasteiger partial charge in [0, 0.05) is 5.75 Å². The van der Waals surface area contributed by atoms with Crippen LogP contribution in [-0.4, -0.2) is 33.6 Å². The van der Waals surface area contributed by atoms with Gasteiger partial charge in [0.1, 0.15) is 5.75 Å². The van der Waals surface area contributed by atoms with Crippen LogP contribution in [0.2, 0.25) is 0 Å². The highest BCUT2D eigenvalue weighted by Gasteiger charge is 2.08. The minimum atomic E-state index is -0.975. The first-order chi connectivity index (χ1) is 12.2. The van der Waals surface area contributed by atoms with E-state index in [1.165, 1.54) is 23.9 Å². The quantitative estimate of drug-likeness (QED) is 0.488. The molecule has 0 aliphatic rings. The van der Waals surface area contributed by atoms with Gasteiger partial charge in [-0.05, 0) is 23.8 Å². The maximum atomic E-state index is 10.9. The Kier molecular flexibility index (Phi) is 5.69. The molecule has 1 heterocycles. The number of hydrogen-bond acceptors (Lipinski definition) is 6. The largest absolute Gasteiger partial charge is 0.493 e. The molecule has 128 valence electrons. The minimum absolute atomic E-state index is 0.201. The molecule has 6 nitrogen and oxygen atoms in total. The van der Waals surface area contributed by atoms with Gasteiger partial charge in [0.2, 0.25) is 5.89 Å². The Labute approximate surface area is 148 Å². The SMILES string of the molecule is O=C(O)c1cccc(OCCSc2nnc(Cc3ccccc3)o2)c1. The summed E-state index contributed by atoms with van der Waals surface area (Å²) in [6.07, 6.45) is 0.604. The molecule has 0 amide bonds. The van der Waals surface area contributed by atoms with Gasteiger partial charge in [-0.2, -0.15) is 0 Å². The highest BCUT2D eigenvalue weighted by atomic mass is 32.2. The van der Waals surface area contributed by atoms with Crippen LogP contribution in [0.5, 0.6) is 5.75 Å². The standard InChI is InChI=1S/C18H16N2O4S/c21-17(22)14-7-4-8-15(12-14)23-9-10-25-18-20-19-16(24-18)11-13-5-2-1-3-6-13/h1-8,12H,9-11H2,(H,21,22). The van der Waals surface area contributed by atoms with Crippen molar-refractivity contribution in [2.45, 2.75) is 11.6 Å². The number of thioether (sulfide) groups is 1. The number of carbonyl (C=O) groups is 1. The van der Waals surface area contributed by atoms with Crippen LogP contribution in [0.25, 0.3) is 0 Å². The monoisotopic (exact) mass is 356 g/mol. The number of aromatic carboxylic acids is 1. The van der Waals surface area contributed by atoms with E-state index < -0.39 is 5.97 Å². The first-order valence-electron chi connectivity index (χ1n) is 7.66. The average molecular weight is 356 g/mol. The van der Waals surface area contributed by atoms with Gasteiger partial charge in [0.15, 0.2) is 0 Å². The molecule has 0 bridgehead atoms. The molecular formula is C18H16N2O4S. The molecule has 2 aromatic carbocycles. The van der Waals surface area contributed by atoms with Crippen molar-refractivity contribution in [3.8, 4) is 5.75 Å². The molecule has 0 atom stereocenters. The van der Waals surface area contributed by atoms with Crippen LogP contribution >= 0.6 is 11.8 Å². The van der Waals surface area contributed by atoms with Crippen LogP contribution in [-0.2, 0) is 6.42 Å². The van der Waals surface area contributed by atoms with Gasteiger partial charge in [0.05, 0.1) is 18.6 Å². The zero-order valence-corrected chi connectivity index (χ0v) is 14.1. The predicted molar refractivity (Wildman–Crippen MR) is 93.2 cm³/mol. The molecule has 0 saturated carbocycles. The Morgan fingerprint density at radius 1 is 1.12 bits per heavy atom. The Morgan fingerprint density at radius 2 is 1.96 bits per heavy atom. The average Bonchev–Trinajstić information content (AvgIpc) is 3.07. The summed E-state index contributed by atoms with van der Waals surface area (Å²) in [5.74, 6) is 0.737. The first kappa shape index (κ1) is 17.0. The molecule has 0 saturated heterocycles. The van der Waals surface area contributed by atoms with Crippen molar-refractivity contribution in [1.29, 1.82) is 0 Å². The van der Waals surface area contributed by atoms with E-state index >= 15 is 0 Å². The second kappa shape index (κ2) is 8.34. The summed E-state index contributed by atoms with van der Waals surface area (Å²) in [4.78, 5) is 10.9. The molecule has 0 fully saturated rings. The van der Waals surface area contributed by atoms with Gasteiger partial charge < -0.3 is 14.3 Å². The van der Waals surface area contributed by atoms with Crippen LogP contribution in [0, 0.1) is 0 Å². The number of hydrogen-bond donors (Lipinski definition) is 1. The summed E-state index contributed by atoms with van der Waals surface area (Å²) in [5.41, 5.74) is 1.32. The lowest BCUT2D eigenvalue weighted by molar-refractivity contribution is 0.0696. The van der Waals surface area contributed by atoms with Crippen LogP contribution in [0.1, 0.15) is 21.8 Å². The zero-order valence-electron chi connectivity index (χ0n) is 13.3. The number of ether oxygens (including phenoxy) is 1. The van der Waals surface area contributed by atoms with E-state index in [-0.39, 0.29) is 5.56 Å². The first-order valence-corrected chi connectivity index (χ1v) is 8.64. The van der Waals surface area contributed by atoms with E-state index in [2.05, 4.69) is 10.2 Å². The Hall–Kier alpha value is -2.80. The van der Waals surface area contributed by atoms with Crippen molar-refractivity contribution in [2.24, 2.45) is 0 Å². The fraction of sp³-hybridized carbons (Fsp3) is 0.167. The van der Waals surface area contributed by atoms with E-state index in [4.69, 9.17) is 14.3 Å². The molecule has 3 aromatic rings. The molecule has 0 spiro atoms. The highest BCUT2D eigenvalue weighted by molar-refractivity contribution is 7.99. The normalized spacial score (nSPS) is 10.6. The number of aromatic nitrogens is 2. The summed E-state index contributed by atoms with van der Waals surface area (Å²) in [5, 5.41) is 17.5. The molecule has 3 rings (SSSR count). The van der Waals surface area contributed by atoms with E-state index in [1.54, 1.807) is 12.1 Å². The van der Waals surface area contributed by atoms with Crippen LogP contribution in [0.3, 0.4) is 0 Å². The third-order valence-electron chi connectivity index (χ3n) is 3.31. The van der Waals surface area contributed by atoms with Crippen molar-refractivity contribution >= 4 is 17.7 Å². The summed E-state index contributed by atoms with van der Waals surface area (Å²) >= 11 is 1.40. The highest BCUT2D eigenvalue weighted by Crippen LogP contribution is 2.19. The van der Waals surface area contributed by atoms with Crippen LogP contribution in [0.15, 0.2) is 64.2 Å². The summed E-state index contributed by atoms with van der Waals surface area (Å²) < 4.78 is 11.1. The minimum Gasteiger partial charge on any atom is -0.493 e. The van der Waals surface area contributed by atoms with E-state index in [9.17, 15) is 4.79 Å². The second-order valence-electron chi connectivity index (χ2n) is 5.15. The molecular weight excluding hydrogens is 340 g/mol. The van der Waals surface area contributed by atoms with E-state index in [0.29, 0.717) is 35.6 Å². The van der Waals surface area contributed by atoms with Gasteiger partial charge in [-0.1, -0.05) is 48.2 Å². The lowest BCUT2D eigenvalue weighted by Gasteiger charge is -2.05. The van der Waals surface area contributed by atoms with Crippen molar-refractivity contribution in [1.82, 2.24) is 10.2 Å². The van der Waals surface area contributed by atoms with Gasteiger partial charge in [-0.25, -0.2) is 4.79 Å². The molecule has 0 radical (unpaired) electrons. The maximum Gasteiger partial charge on any atom is 0.335 e. The van der Waals surface area contributed by atoms with Crippen LogP contribution in [0.4, 0.5) is 0 Å². The predicted octanol–water partition coefficient (Wildman–Crippen LogP) is 3.53. The van der Waals surface area contributed by atoms with Gasteiger partial charge in [-0.15, -0.1) is 10.2 Å². The van der Waals surface area contributed by atoms with Gasteiger partial charge >= 0.3 is 5.97 Å². The summed E-state index contributed by atoms with van der Waals surface area (Å²) in [6.45, 7) is 0.407. The number of rotatable bonds is 8. The lowest BCUT2D eigenvalue weighted by atomic mass is 10.2. The topological polar surface area (TPSA) is 85.5 Å². The van der Waals surface area contributed by atoms with Crippen molar-refractivity contribution in [2.75, 3.05) is 12.4 Å². The Morgan fingerprint density at radius 3 is 2.76 bits per heavy atom. The van der Waals surface area contributed by atoms with E-state index in [1.807, 2.05) is 30.3 Å².